The zero-order valence-corrected chi connectivity index (χ0v) is 8.47. The number of rotatable bonds is 5. The molecule has 3 nitrogen and oxygen atoms in total. The summed E-state index contributed by atoms with van der Waals surface area (Å²) in [7, 11) is 1.47. The maximum Gasteiger partial charge on any atom is 0.119 e. The van der Waals surface area contributed by atoms with Crippen molar-refractivity contribution in [2.75, 3.05) is 13.7 Å². The number of benzene rings is 1. The predicted molar refractivity (Wildman–Crippen MR) is 51.6 cm³/mol. The van der Waals surface area contributed by atoms with E-state index in [9.17, 15) is 0 Å². The van der Waals surface area contributed by atoms with Crippen LogP contribution in [0.1, 0.15) is 6.92 Å². The van der Waals surface area contributed by atoms with Crippen LogP contribution in [0.5, 0.6) is 5.75 Å². The topological polar surface area (TPSA) is 27.7 Å². The van der Waals surface area contributed by atoms with Crippen molar-refractivity contribution in [2.24, 2.45) is 0 Å². The standard InChI is InChI=1S/C9H12O3S/c1-3-11-8-4-6-9(7-5-8)13-12-10-2/h4-7H,3H2,1-2H3. The van der Waals surface area contributed by atoms with Gasteiger partial charge in [0.25, 0.3) is 0 Å². The Hall–Kier alpha value is -0.710. The second-order valence-corrected chi connectivity index (χ2v) is 3.00. The van der Waals surface area contributed by atoms with E-state index < -0.39 is 0 Å². The van der Waals surface area contributed by atoms with Crippen LogP contribution in [0.4, 0.5) is 0 Å². The van der Waals surface area contributed by atoms with E-state index in [1.807, 2.05) is 31.2 Å². The van der Waals surface area contributed by atoms with Gasteiger partial charge in [0.05, 0.1) is 25.8 Å². The molecule has 13 heavy (non-hydrogen) atoms. The lowest BCUT2D eigenvalue weighted by Gasteiger charge is -2.03. The summed E-state index contributed by atoms with van der Waals surface area (Å²) in [4.78, 5) is 5.43. The van der Waals surface area contributed by atoms with Crippen molar-refractivity contribution in [3.05, 3.63) is 24.3 Å². The van der Waals surface area contributed by atoms with Gasteiger partial charge in [0.1, 0.15) is 5.75 Å². The van der Waals surface area contributed by atoms with Crippen molar-refractivity contribution in [1.29, 1.82) is 0 Å². The molecule has 0 N–H and O–H groups in total. The Labute approximate surface area is 82.1 Å². The molecule has 0 aliphatic carbocycles. The Balaban J connectivity index is 2.48. The second-order valence-electron chi connectivity index (χ2n) is 2.22. The maximum atomic E-state index is 5.28. The molecule has 0 aliphatic heterocycles. The maximum absolute atomic E-state index is 5.28. The summed E-state index contributed by atoms with van der Waals surface area (Å²) >= 11 is 1.17. The van der Waals surface area contributed by atoms with Crippen molar-refractivity contribution in [3.8, 4) is 5.75 Å². The average molecular weight is 200 g/mol. The van der Waals surface area contributed by atoms with Crippen molar-refractivity contribution >= 4 is 12.0 Å². The summed E-state index contributed by atoms with van der Waals surface area (Å²) in [6, 6.07) is 7.61. The van der Waals surface area contributed by atoms with E-state index in [4.69, 9.17) is 9.07 Å². The molecule has 0 heterocycles. The van der Waals surface area contributed by atoms with Crippen LogP contribution >= 0.6 is 12.0 Å². The molecule has 0 unspecified atom stereocenters. The first-order chi connectivity index (χ1) is 6.36. The molecule has 0 aliphatic rings. The van der Waals surface area contributed by atoms with E-state index in [1.54, 1.807) is 0 Å². The highest BCUT2D eigenvalue weighted by atomic mass is 32.2. The fraction of sp³-hybridized carbons (Fsp3) is 0.333. The highest BCUT2D eigenvalue weighted by Gasteiger charge is 1.95. The second kappa shape index (κ2) is 5.85. The molecule has 0 aromatic heterocycles. The van der Waals surface area contributed by atoms with Crippen molar-refractivity contribution < 1.29 is 14.0 Å². The molecule has 72 valence electrons. The highest BCUT2D eigenvalue weighted by Crippen LogP contribution is 2.21. The molecular weight excluding hydrogens is 188 g/mol. The van der Waals surface area contributed by atoms with Gasteiger partial charge in [-0.25, -0.2) is 4.89 Å². The number of hydrogen-bond acceptors (Lipinski definition) is 4. The van der Waals surface area contributed by atoms with Gasteiger partial charge in [-0.3, -0.25) is 0 Å². The van der Waals surface area contributed by atoms with Crippen LogP contribution in [0.25, 0.3) is 0 Å². The third-order valence-corrected chi connectivity index (χ3v) is 2.00. The van der Waals surface area contributed by atoms with Crippen LogP contribution in [-0.2, 0) is 9.22 Å². The van der Waals surface area contributed by atoms with Gasteiger partial charge in [-0.2, -0.15) is 4.33 Å². The van der Waals surface area contributed by atoms with Gasteiger partial charge in [0.2, 0.25) is 0 Å². The molecule has 0 radical (unpaired) electrons. The lowest BCUT2D eigenvalue weighted by atomic mass is 10.3. The van der Waals surface area contributed by atoms with Crippen LogP contribution in [0.2, 0.25) is 0 Å². The minimum absolute atomic E-state index is 0.682. The molecule has 0 saturated heterocycles. The van der Waals surface area contributed by atoms with E-state index in [0.29, 0.717) is 6.61 Å². The van der Waals surface area contributed by atoms with Crippen molar-refractivity contribution in [3.63, 3.8) is 0 Å². The normalized spacial score (nSPS) is 10.0. The quantitative estimate of drug-likeness (QED) is 0.415. The van der Waals surface area contributed by atoms with Gasteiger partial charge in [0, 0.05) is 4.90 Å². The fourth-order valence-electron chi connectivity index (χ4n) is 0.831. The van der Waals surface area contributed by atoms with Gasteiger partial charge >= 0.3 is 0 Å². The average Bonchev–Trinajstić information content (AvgIpc) is 2.17. The monoisotopic (exact) mass is 200 g/mol. The Morgan fingerprint density at radius 2 is 1.92 bits per heavy atom. The van der Waals surface area contributed by atoms with Gasteiger partial charge in [-0.05, 0) is 31.2 Å². The van der Waals surface area contributed by atoms with Crippen LogP contribution in [0, 0.1) is 0 Å². The van der Waals surface area contributed by atoms with E-state index >= 15 is 0 Å². The molecular formula is C9H12O3S. The predicted octanol–water partition coefficient (Wildman–Crippen LogP) is 2.67. The number of hydrogen-bond donors (Lipinski definition) is 0. The SMILES string of the molecule is CCOc1ccc(SOOC)cc1. The summed E-state index contributed by atoms with van der Waals surface area (Å²) in [5, 5.41) is 0. The van der Waals surface area contributed by atoms with Crippen LogP contribution in [0.15, 0.2) is 29.2 Å². The van der Waals surface area contributed by atoms with Gasteiger partial charge in [-0.15, -0.1) is 0 Å². The summed E-state index contributed by atoms with van der Waals surface area (Å²) in [5.74, 6) is 0.865. The molecule has 0 fully saturated rings. The lowest BCUT2D eigenvalue weighted by Crippen LogP contribution is -1.90. The minimum atomic E-state index is 0.682. The highest BCUT2D eigenvalue weighted by molar-refractivity contribution is 7.94. The summed E-state index contributed by atoms with van der Waals surface area (Å²) in [6.07, 6.45) is 0. The van der Waals surface area contributed by atoms with E-state index in [1.165, 1.54) is 19.2 Å². The van der Waals surface area contributed by atoms with E-state index in [0.717, 1.165) is 10.6 Å². The molecule has 4 heteroatoms. The third kappa shape index (κ3) is 3.67. The zero-order chi connectivity index (χ0) is 9.52. The number of ether oxygens (including phenoxy) is 1. The van der Waals surface area contributed by atoms with Gasteiger partial charge in [-0.1, -0.05) is 0 Å². The molecule has 0 amide bonds. The lowest BCUT2D eigenvalue weighted by molar-refractivity contribution is -0.160. The Morgan fingerprint density at radius 1 is 1.23 bits per heavy atom. The smallest absolute Gasteiger partial charge is 0.119 e. The molecule has 0 bridgehead atoms. The summed E-state index contributed by atoms with van der Waals surface area (Å²) in [5.41, 5.74) is 0. The first-order valence-corrected chi connectivity index (χ1v) is 4.71. The minimum Gasteiger partial charge on any atom is -0.494 e. The van der Waals surface area contributed by atoms with Crippen LogP contribution in [0.3, 0.4) is 0 Å². The third-order valence-electron chi connectivity index (χ3n) is 1.33. The van der Waals surface area contributed by atoms with Crippen molar-refractivity contribution in [2.45, 2.75) is 11.8 Å². The first kappa shape index (κ1) is 10.4. The molecule has 1 aromatic carbocycles. The van der Waals surface area contributed by atoms with Crippen LogP contribution < -0.4 is 4.74 Å². The van der Waals surface area contributed by atoms with Gasteiger partial charge in [0.15, 0.2) is 0 Å². The Bertz CT molecular complexity index is 235. The Morgan fingerprint density at radius 3 is 2.46 bits per heavy atom. The molecule has 0 atom stereocenters. The fourth-order valence-corrected chi connectivity index (χ4v) is 1.23. The molecule has 1 aromatic rings. The van der Waals surface area contributed by atoms with Crippen molar-refractivity contribution in [1.82, 2.24) is 0 Å². The van der Waals surface area contributed by atoms with Crippen LogP contribution in [-0.4, -0.2) is 13.7 Å². The summed E-state index contributed by atoms with van der Waals surface area (Å²) < 4.78 is 9.98. The first-order valence-electron chi connectivity index (χ1n) is 3.97. The molecule has 0 saturated carbocycles. The zero-order valence-electron chi connectivity index (χ0n) is 7.65. The Kier molecular flexibility index (Phi) is 4.67. The van der Waals surface area contributed by atoms with E-state index in [-0.39, 0.29) is 0 Å². The van der Waals surface area contributed by atoms with E-state index in [2.05, 4.69) is 4.89 Å². The molecule has 1 rings (SSSR count). The largest absolute Gasteiger partial charge is 0.494 e. The summed E-state index contributed by atoms with van der Waals surface area (Å²) in [6.45, 7) is 2.64. The van der Waals surface area contributed by atoms with Gasteiger partial charge < -0.3 is 4.74 Å². The molecule has 0 spiro atoms.